The van der Waals surface area contributed by atoms with Gasteiger partial charge in [-0.15, -0.1) is 0 Å². The van der Waals surface area contributed by atoms with E-state index in [4.69, 9.17) is 4.74 Å². The normalized spacial score (nSPS) is 14.9. The van der Waals surface area contributed by atoms with Gasteiger partial charge in [-0.25, -0.2) is 14.2 Å². The maximum atomic E-state index is 11.9. The van der Waals surface area contributed by atoms with Crippen LogP contribution in [0.5, 0.6) is 0 Å². The summed E-state index contributed by atoms with van der Waals surface area (Å²) in [5, 5.41) is 3.46. The minimum absolute atomic E-state index is 0.319. The number of carbonyl (C=O) groups excluding carboxylic acids is 1. The Labute approximate surface area is 146 Å². The van der Waals surface area contributed by atoms with Crippen LogP contribution in [-0.4, -0.2) is 29.8 Å². The molecule has 1 aliphatic rings. The summed E-state index contributed by atoms with van der Waals surface area (Å²) in [7, 11) is 0. The van der Waals surface area contributed by atoms with Crippen molar-refractivity contribution in [3.8, 4) is 0 Å². The topological polar surface area (TPSA) is 51.2 Å². The molecule has 0 aliphatic heterocycles. The van der Waals surface area contributed by atoms with Crippen molar-refractivity contribution in [2.45, 2.75) is 65.1 Å². The Morgan fingerprint density at radius 2 is 2.04 bits per heavy atom. The molecule has 0 saturated heterocycles. The Kier molecular flexibility index (Phi) is 9.14. The van der Waals surface area contributed by atoms with Crippen LogP contribution < -0.4 is 5.32 Å². The maximum Gasteiger partial charge on any atom is 0.341 e. The first-order valence-corrected chi connectivity index (χ1v) is 8.96. The van der Waals surface area contributed by atoms with Gasteiger partial charge in [-0.1, -0.05) is 19.3 Å². The van der Waals surface area contributed by atoms with Crippen molar-refractivity contribution in [2.24, 2.45) is 0 Å². The predicted octanol–water partition coefficient (Wildman–Crippen LogP) is 5.13. The molecule has 0 aromatic carbocycles. The second kappa shape index (κ2) is 10.6. The zero-order valence-electron chi connectivity index (χ0n) is 14.1. The lowest BCUT2D eigenvalue weighted by Gasteiger charge is -2.24. The molecule has 1 heterocycles. The zero-order chi connectivity index (χ0) is 17.2. The van der Waals surface area contributed by atoms with Gasteiger partial charge in [-0.3, -0.25) is 0 Å². The molecule has 1 saturated carbocycles. The van der Waals surface area contributed by atoms with Crippen LogP contribution >= 0.6 is 15.9 Å². The summed E-state index contributed by atoms with van der Waals surface area (Å²) in [5.74, 6) is -0.319. The second-order valence-electron chi connectivity index (χ2n) is 5.77. The molecule has 1 N–H and O–H groups in total. The van der Waals surface area contributed by atoms with Gasteiger partial charge in [0.05, 0.1) is 18.5 Å². The van der Waals surface area contributed by atoms with E-state index in [1.807, 2.05) is 6.07 Å². The summed E-state index contributed by atoms with van der Waals surface area (Å²) < 4.78 is 16.8. The van der Waals surface area contributed by atoms with Crippen molar-refractivity contribution in [3.05, 3.63) is 22.4 Å². The molecule has 6 heteroatoms. The molecule has 4 nitrogen and oxygen atoms in total. The summed E-state index contributed by atoms with van der Waals surface area (Å²) >= 11 is 3.35. The Morgan fingerprint density at radius 1 is 1.43 bits per heavy atom. The third-order valence-electron chi connectivity index (χ3n) is 3.33. The van der Waals surface area contributed by atoms with Crippen LogP contribution in [0.4, 0.5) is 10.1 Å². The largest absolute Gasteiger partial charge is 0.462 e. The average molecular weight is 389 g/mol. The van der Waals surface area contributed by atoms with Crippen LogP contribution in [0.2, 0.25) is 0 Å². The number of hydrogen-bond acceptors (Lipinski definition) is 4. The Morgan fingerprint density at radius 3 is 2.61 bits per heavy atom. The highest BCUT2D eigenvalue weighted by atomic mass is 79.9. The summed E-state index contributed by atoms with van der Waals surface area (Å²) in [6, 6.07) is 2.29. The third-order valence-corrected chi connectivity index (χ3v) is 3.76. The van der Waals surface area contributed by atoms with Crippen LogP contribution in [0.25, 0.3) is 0 Å². The molecule has 1 aromatic rings. The van der Waals surface area contributed by atoms with Crippen molar-refractivity contribution in [1.29, 1.82) is 0 Å². The van der Waals surface area contributed by atoms with E-state index in [1.165, 1.54) is 33.1 Å². The molecule has 0 atom stereocenters. The number of ether oxygens (including phenoxy) is 1. The highest BCUT2D eigenvalue weighted by Crippen LogP contribution is 2.25. The number of anilines is 1. The van der Waals surface area contributed by atoms with E-state index in [2.05, 4.69) is 26.2 Å². The van der Waals surface area contributed by atoms with Crippen molar-refractivity contribution in [1.82, 2.24) is 4.98 Å². The quantitative estimate of drug-likeness (QED) is 0.573. The van der Waals surface area contributed by atoms with Crippen molar-refractivity contribution in [2.75, 3.05) is 11.9 Å². The highest BCUT2D eigenvalue weighted by Gasteiger charge is 2.18. The summed E-state index contributed by atoms with van der Waals surface area (Å²) in [5.41, 5.74) is 1.32. The molecular weight excluding hydrogens is 363 g/mol. The van der Waals surface area contributed by atoms with Crippen molar-refractivity contribution in [3.63, 3.8) is 0 Å². The maximum absolute atomic E-state index is 11.9. The van der Waals surface area contributed by atoms with E-state index in [-0.39, 0.29) is 5.97 Å². The third kappa shape index (κ3) is 7.77. The fourth-order valence-electron chi connectivity index (χ4n) is 2.39. The molecular formula is C17H26BrFN2O2. The predicted molar refractivity (Wildman–Crippen MR) is 94.6 cm³/mol. The fourth-order valence-corrected chi connectivity index (χ4v) is 2.72. The first-order valence-electron chi connectivity index (χ1n) is 8.17. The van der Waals surface area contributed by atoms with Gasteiger partial charge in [-0.2, -0.15) is 0 Å². The van der Waals surface area contributed by atoms with E-state index in [1.54, 1.807) is 13.1 Å². The van der Waals surface area contributed by atoms with Gasteiger partial charge in [-0.05, 0) is 55.6 Å². The van der Waals surface area contributed by atoms with E-state index in [0.717, 1.165) is 23.1 Å². The molecule has 130 valence electrons. The van der Waals surface area contributed by atoms with Gasteiger partial charge in [0.25, 0.3) is 0 Å². The molecule has 0 spiro atoms. The number of pyridine rings is 1. The molecule has 23 heavy (non-hydrogen) atoms. The van der Waals surface area contributed by atoms with Crippen LogP contribution in [0.1, 0.15) is 63.2 Å². The molecule has 0 radical (unpaired) electrons. The Hall–Kier alpha value is -1.17. The Balaban J connectivity index is 0.000000593. The SMILES string of the molecule is CC(C)F.CCOC(=O)c1cnc(Br)cc1NC1CCCCC1. The molecule has 2 rings (SSSR count). The van der Waals surface area contributed by atoms with E-state index < -0.39 is 6.17 Å². The number of nitrogens with one attached hydrogen (secondary N) is 1. The van der Waals surface area contributed by atoms with Crippen LogP contribution in [0.3, 0.4) is 0 Å². The average Bonchev–Trinajstić information content (AvgIpc) is 2.48. The lowest BCUT2D eigenvalue weighted by atomic mass is 9.95. The van der Waals surface area contributed by atoms with Crippen LogP contribution in [0, 0.1) is 0 Å². The van der Waals surface area contributed by atoms with Gasteiger partial charge < -0.3 is 10.1 Å². The number of nitrogens with zero attached hydrogens (tertiary/aromatic N) is 1. The fraction of sp³-hybridized carbons (Fsp3) is 0.647. The van der Waals surface area contributed by atoms with E-state index in [0.29, 0.717) is 18.2 Å². The van der Waals surface area contributed by atoms with Gasteiger partial charge in [0.1, 0.15) is 10.2 Å². The molecule has 1 fully saturated rings. The Bertz CT molecular complexity index is 489. The molecule has 0 bridgehead atoms. The number of hydrogen-bond donors (Lipinski definition) is 1. The molecule has 0 amide bonds. The van der Waals surface area contributed by atoms with Gasteiger partial charge in [0, 0.05) is 12.2 Å². The first-order chi connectivity index (χ1) is 10.9. The standard InChI is InChI=1S/C14H19BrN2O2.C3H7F/c1-2-19-14(18)11-9-16-13(15)8-12(11)17-10-6-4-3-5-7-10;1-3(2)4/h8-10H,2-7H2,1H3,(H,16,17);3H,1-2H3. The smallest absolute Gasteiger partial charge is 0.341 e. The van der Waals surface area contributed by atoms with Crippen molar-refractivity contribution >= 4 is 27.6 Å². The molecule has 0 unspecified atom stereocenters. The minimum Gasteiger partial charge on any atom is -0.462 e. The van der Waals surface area contributed by atoms with Crippen LogP contribution in [0.15, 0.2) is 16.9 Å². The lowest BCUT2D eigenvalue weighted by Crippen LogP contribution is -2.24. The number of halogens is 2. The first kappa shape index (κ1) is 19.9. The minimum atomic E-state index is -0.667. The zero-order valence-corrected chi connectivity index (χ0v) is 15.7. The number of aromatic nitrogens is 1. The summed E-state index contributed by atoms with van der Waals surface area (Å²) in [6.07, 6.45) is 7.01. The number of alkyl halides is 1. The number of esters is 1. The van der Waals surface area contributed by atoms with Gasteiger partial charge in [0.2, 0.25) is 0 Å². The second-order valence-corrected chi connectivity index (χ2v) is 6.58. The summed E-state index contributed by atoms with van der Waals surface area (Å²) in [4.78, 5) is 16.0. The summed E-state index contributed by atoms with van der Waals surface area (Å²) in [6.45, 7) is 5.18. The highest BCUT2D eigenvalue weighted by molar-refractivity contribution is 9.10. The number of rotatable bonds is 4. The number of carbonyl (C=O) groups is 1. The van der Waals surface area contributed by atoms with Gasteiger partial charge in [0.15, 0.2) is 0 Å². The van der Waals surface area contributed by atoms with Crippen LogP contribution in [-0.2, 0) is 4.74 Å². The van der Waals surface area contributed by atoms with Crippen molar-refractivity contribution < 1.29 is 13.9 Å². The molecule has 1 aromatic heterocycles. The lowest BCUT2D eigenvalue weighted by molar-refractivity contribution is 0.0527. The van der Waals surface area contributed by atoms with E-state index >= 15 is 0 Å². The van der Waals surface area contributed by atoms with E-state index in [9.17, 15) is 9.18 Å². The van der Waals surface area contributed by atoms with Gasteiger partial charge >= 0.3 is 5.97 Å². The monoisotopic (exact) mass is 388 g/mol. The molecule has 1 aliphatic carbocycles.